The summed E-state index contributed by atoms with van der Waals surface area (Å²) in [6.45, 7) is 3.03. The van der Waals surface area contributed by atoms with Crippen molar-refractivity contribution in [1.29, 1.82) is 0 Å². The number of ether oxygens (including phenoxy) is 1. The van der Waals surface area contributed by atoms with E-state index in [9.17, 15) is 9.59 Å². The highest BCUT2D eigenvalue weighted by Crippen LogP contribution is 2.45. The molecule has 2 aromatic rings. The maximum absolute atomic E-state index is 13.6. The largest absolute Gasteiger partial charge is 0.497 e. The van der Waals surface area contributed by atoms with Crippen molar-refractivity contribution >= 4 is 5.91 Å². The molecule has 0 unspecified atom stereocenters. The van der Waals surface area contributed by atoms with Crippen LogP contribution in [0, 0.1) is 11.8 Å². The predicted octanol–water partition coefficient (Wildman–Crippen LogP) is 3.34. The molecule has 1 aromatic carbocycles. The summed E-state index contributed by atoms with van der Waals surface area (Å²) < 4.78 is 6.56. The monoisotopic (exact) mass is 474 g/mol. The van der Waals surface area contributed by atoms with E-state index < -0.39 is 0 Å². The number of aromatic nitrogens is 2. The van der Waals surface area contributed by atoms with Gasteiger partial charge >= 0.3 is 0 Å². The molecule has 0 radical (unpaired) electrons. The molecule has 6 rings (SSSR count). The van der Waals surface area contributed by atoms with E-state index in [1.807, 2.05) is 24.3 Å². The second kappa shape index (κ2) is 9.26. The third-order valence-electron chi connectivity index (χ3n) is 8.51. The average molecular weight is 475 g/mol. The number of rotatable bonds is 4. The number of likely N-dealkylation sites (tertiary alicyclic amines) is 1. The van der Waals surface area contributed by atoms with Gasteiger partial charge in [0.1, 0.15) is 12.3 Å². The number of amides is 1. The van der Waals surface area contributed by atoms with Crippen molar-refractivity contribution in [2.45, 2.75) is 57.2 Å². The standard InChI is InChI=1S/C28H34N4O3/c1-35-23-9-7-19(8-10-23)24-11-12-26(33)32(29-24)18-27(34)31-14-4-5-20-15-21-16-22(28(20)31)17-30-13-3-2-6-25(21)30/h7-12,15,21-22,25,28H,2-6,13-14,16-18H2,1H3/t21-,22-,25-,28+/m0/s1. The SMILES string of the molecule is COc1ccc(-c2ccc(=O)n(CC(=O)N3CCCC4=C[C@H]5C[C@@H](CN6CCCC[C@@H]56)[C@@H]43)n2)cc1. The highest BCUT2D eigenvalue weighted by molar-refractivity contribution is 5.77. The molecule has 4 aliphatic rings. The molecule has 1 amide bonds. The lowest BCUT2D eigenvalue weighted by Gasteiger charge is -2.54. The van der Waals surface area contributed by atoms with Crippen LogP contribution in [-0.4, -0.2) is 64.3 Å². The van der Waals surface area contributed by atoms with Crippen molar-refractivity contribution in [3.05, 3.63) is 58.4 Å². The number of methoxy groups -OCH3 is 1. The Morgan fingerprint density at radius 1 is 1.09 bits per heavy atom. The molecular formula is C28H34N4O3. The van der Waals surface area contributed by atoms with Gasteiger partial charge in [0, 0.05) is 30.8 Å². The van der Waals surface area contributed by atoms with Gasteiger partial charge in [0.2, 0.25) is 5.91 Å². The van der Waals surface area contributed by atoms with Gasteiger partial charge in [-0.15, -0.1) is 0 Å². The Kier molecular flexibility index (Phi) is 5.96. The zero-order valence-corrected chi connectivity index (χ0v) is 20.4. The molecular weight excluding hydrogens is 440 g/mol. The first-order chi connectivity index (χ1) is 17.1. The molecule has 7 nitrogen and oxygen atoms in total. The number of benzene rings is 1. The van der Waals surface area contributed by atoms with Crippen molar-refractivity contribution in [3.63, 3.8) is 0 Å². The fraction of sp³-hybridized carbons (Fsp3) is 0.536. The minimum Gasteiger partial charge on any atom is -0.497 e. The topological polar surface area (TPSA) is 67.7 Å². The van der Waals surface area contributed by atoms with Crippen molar-refractivity contribution in [3.8, 4) is 17.0 Å². The Labute approximate surface area is 206 Å². The van der Waals surface area contributed by atoms with Crippen molar-refractivity contribution < 1.29 is 9.53 Å². The van der Waals surface area contributed by atoms with Gasteiger partial charge in [-0.3, -0.25) is 14.5 Å². The van der Waals surface area contributed by atoms with Crippen molar-refractivity contribution in [1.82, 2.24) is 19.6 Å². The van der Waals surface area contributed by atoms with E-state index in [-0.39, 0.29) is 24.1 Å². The van der Waals surface area contributed by atoms with Crippen LogP contribution >= 0.6 is 0 Å². The number of hydrogen-bond donors (Lipinski definition) is 0. The molecule has 4 heterocycles. The molecule has 1 aliphatic carbocycles. The third kappa shape index (κ3) is 4.20. The summed E-state index contributed by atoms with van der Waals surface area (Å²) in [7, 11) is 1.63. The van der Waals surface area contributed by atoms with Gasteiger partial charge in [-0.25, -0.2) is 4.68 Å². The first kappa shape index (κ1) is 22.5. The Morgan fingerprint density at radius 2 is 1.94 bits per heavy atom. The second-order valence-corrected chi connectivity index (χ2v) is 10.5. The molecule has 4 atom stereocenters. The summed E-state index contributed by atoms with van der Waals surface area (Å²) in [5, 5.41) is 4.55. The number of piperidine rings is 3. The van der Waals surface area contributed by atoms with Crippen LogP contribution in [-0.2, 0) is 11.3 Å². The van der Waals surface area contributed by atoms with Crippen LogP contribution in [0.2, 0.25) is 0 Å². The van der Waals surface area contributed by atoms with Gasteiger partial charge in [-0.05, 0) is 80.8 Å². The Balaban J connectivity index is 1.24. The maximum Gasteiger partial charge on any atom is 0.267 e. The van der Waals surface area contributed by atoms with E-state index in [1.165, 1.54) is 48.5 Å². The van der Waals surface area contributed by atoms with Crippen LogP contribution < -0.4 is 10.3 Å². The summed E-state index contributed by atoms with van der Waals surface area (Å²) in [6, 6.07) is 11.7. The number of carbonyl (C=O) groups excluding carboxylic acids is 1. The minimum absolute atomic E-state index is 0.00120. The molecule has 184 valence electrons. The summed E-state index contributed by atoms with van der Waals surface area (Å²) in [6.07, 6.45) is 9.75. The third-order valence-corrected chi connectivity index (χ3v) is 8.51. The first-order valence-electron chi connectivity index (χ1n) is 13.1. The molecule has 3 fully saturated rings. The van der Waals surface area contributed by atoms with Gasteiger partial charge in [-0.1, -0.05) is 18.1 Å². The van der Waals surface area contributed by atoms with Crippen LogP contribution in [0.1, 0.15) is 38.5 Å². The lowest BCUT2D eigenvalue weighted by molar-refractivity contribution is -0.137. The van der Waals surface area contributed by atoms with E-state index in [4.69, 9.17) is 4.74 Å². The van der Waals surface area contributed by atoms with Crippen LogP contribution in [0.15, 0.2) is 52.8 Å². The lowest BCUT2D eigenvalue weighted by atomic mass is 9.68. The fourth-order valence-electron chi connectivity index (χ4n) is 6.95. The van der Waals surface area contributed by atoms with Gasteiger partial charge in [0.15, 0.2) is 0 Å². The molecule has 3 aliphatic heterocycles. The van der Waals surface area contributed by atoms with Gasteiger partial charge < -0.3 is 9.64 Å². The first-order valence-corrected chi connectivity index (χ1v) is 13.1. The second-order valence-electron chi connectivity index (χ2n) is 10.5. The average Bonchev–Trinajstić information content (AvgIpc) is 2.89. The zero-order chi connectivity index (χ0) is 23.9. The highest BCUT2D eigenvalue weighted by atomic mass is 16.5. The van der Waals surface area contributed by atoms with Gasteiger partial charge in [0.05, 0.1) is 18.8 Å². The van der Waals surface area contributed by atoms with E-state index in [0.717, 1.165) is 37.2 Å². The molecule has 1 aromatic heterocycles. The Hall–Kier alpha value is -2.93. The lowest BCUT2D eigenvalue weighted by Crippen LogP contribution is -2.60. The maximum atomic E-state index is 13.6. The normalized spacial score (nSPS) is 28.0. The zero-order valence-electron chi connectivity index (χ0n) is 20.4. The molecule has 35 heavy (non-hydrogen) atoms. The number of nitrogens with zero attached hydrogens (tertiary/aromatic N) is 4. The molecule has 3 saturated heterocycles. The summed E-state index contributed by atoms with van der Waals surface area (Å²) >= 11 is 0. The summed E-state index contributed by atoms with van der Waals surface area (Å²) in [5.74, 6) is 1.90. The van der Waals surface area contributed by atoms with Gasteiger partial charge in [0.25, 0.3) is 5.56 Å². The van der Waals surface area contributed by atoms with Crippen LogP contribution in [0.4, 0.5) is 0 Å². The summed E-state index contributed by atoms with van der Waals surface area (Å²) in [5.41, 5.74) is 2.76. The van der Waals surface area contributed by atoms with E-state index in [2.05, 4.69) is 21.0 Å². The molecule has 0 N–H and O–H groups in total. The Morgan fingerprint density at radius 3 is 2.77 bits per heavy atom. The number of hydrogen-bond acceptors (Lipinski definition) is 5. The van der Waals surface area contributed by atoms with Crippen molar-refractivity contribution in [2.24, 2.45) is 11.8 Å². The summed E-state index contributed by atoms with van der Waals surface area (Å²) in [4.78, 5) is 31.0. The van der Waals surface area contributed by atoms with E-state index >= 15 is 0 Å². The molecule has 7 heteroatoms. The number of fused-ring (bicyclic) bond motifs is 6. The Bertz CT molecular complexity index is 1190. The van der Waals surface area contributed by atoms with Gasteiger partial charge in [-0.2, -0.15) is 5.10 Å². The van der Waals surface area contributed by atoms with E-state index in [1.54, 1.807) is 13.2 Å². The minimum atomic E-state index is -0.249. The van der Waals surface area contributed by atoms with Crippen molar-refractivity contribution in [2.75, 3.05) is 26.7 Å². The molecule has 0 spiro atoms. The highest BCUT2D eigenvalue weighted by Gasteiger charge is 2.46. The molecule has 0 saturated carbocycles. The predicted molar refractivity (Wildman–Crippen MR) is 134 cm³/mol. The molecule has 2 bridgehead atoms. The fourth-order valence-corrected chi connectivity index (χ4v) is 6.95. The number of carbonyl (C=O) groups is 1. The quantitative estimate of drug-likeness (QED) is 0.636. The van der Waals surface area contributed by atoms with Crippen LogP contribution in [0.25, 0.3) is 11.3 Å². The van der Waals surface area contributed by atoms with Crippen LogP contribution in [0.3, 0.4) is 0 Å². The van der Waals surface area contributed by atoms with Crippen LogP contribution in [0.5, 0.6) is 5.75 Å². The van der Waals surface area contributed by atoms with E-state index in [0.29, 0.717) is 23.6 Å². The smallest absolute Gasteiger partial charge is 0.267 e.